The molecule has 0 fully saturated rings. The van der Waals surface area contributed by atoms with Crippen LogP contribution in [0, 0.1) is 0 Å². The lowest BCUT2D eigenvalue weighted by atomic mass is 10.2. The molecule has 0 saturated heterocycles. The third-order valence-electron chi connectivity index (χ3n) is 1.96. The third kappa shape index (κ3) is 7.79. The van der Waals surface area contributed by atoms with Crippen LogP contribution < -0.4 is 0 Å². The summed E-state index contributed by atoms with van der Waals surface area (Å²) in [6.07, 6.45) is 1.62. The maximum atomic E-state index is 11.6. The summed E-state index contributed by atoms with van der Waals surface area (Å²) in [7, 11) is -15.1. The Bertz CT molecular complexity index is 401. The van der Waals surface area contributed by atoms with Crippen LogP contribution in [0.15, 0.2) is 0 Å². The van der Waals surface area contributed by atoms with Crippen molar-refractivity contribution < 1.29 is 41.9 Å². The Labute approximate surface area is 105 Å². The zero-order valence-corrected chi connectivity index (χ0v) is 12.6. The molecule has 12 heteroatoms. The summed E-state index contributed by atoms with van der Waals surface area (Å²) in [5.74, 6) is 0. The summed E-state index contributed by atoms with van der Waals surface area (Å²) in [5, 5.41) is 0. The molecule has 3 unspecified atom stereocenters. The van der Waals surface area contributed by atoms with Crippen LogP contribution in [0.25, 0.3) is 0 Å². The summed E-state index contributed by atoms with van der Waals surface area (Å²) in [4.78, 5) is 35.0. The molecule has 0 aromatic carbocycles. The van der Waals surface area contributed by atoms with E-state index in [4.69, 9.17) is 14.7 Å². The van der Waals surface area contributed by atoms with E-state index in [1.165, 1.54) is 6.92 Å². The molecule has 0 heterocycles. The molecule has 0 radical (unpaired) electrons. The van der Waals surface area contributed by atoms with Crippen molar-refractivity contribution in [3.05, 3.63) is 0 Å². The first-order chi connectivity index (χ1) is 7.90. The van der Waals surface area contributed by atoms with E-state index in [1.54, 1.807) is 0 Å². The second-order valence-electron chi connectivity index (χ2n) is 3.68. The molecule has 0 amide bonds. The van der Waals surface area contributed by atoms with Crippen molar-refractivity contribution in [2.45, 2.75) is 38.8 Å². The van der Waals surface area contributed by atoms with E-state index in [0.717, 1.165) is 6.42 Å². The van der Waals surface area contributed by atoms with Crippen LogP contribution in [0.1, 0.15) is 33.1 Å². The van der Waals surface area contributed by atoms with Crippen molar-refractivity contribution in [2.24, 2.45) is 0 Å². The van der Waals surface area contributed by atoms with Gasteiger partial charge in [-0.15, -0.1) is 0 Å². The highest BCUT2D eigenvalue weighted by Gasteiger charge is 2.41. The minimum Gasteiger partial charge on any atom is -0.324 e. The zero-order valence-electron chi connectivity index (χ0n) is 9.87. The van der Waals surface area contributed by atoms with Gasteiger partial charge in [-0.3, -0.25) is 4.57 Å². The second kappa shape index (κ2) is 6.75. The monoisotopic (exact) mass is 326 g/mol. The van der Waals surface area contributed by atoms with E-state index < -0.39 is 28.9 Å². The molecule has 0 rings (SSSR count). The van der Waals surface area contributed by atoms with Crippen molar-refractivity contribution in [1.29, 1.82) is 0 Å². The van der Waals surface area contributed by atoms with E-state index in [1.807, 2.05) is 6.92 Å². The largest absolute Gasteiger partial charge is 0.488 e. The molecule has 0 aliphatic heterocycles. The highest BCUT2D eigenvalue weighted by Crippen LogP contribution is 2.67. The van der Waals surface area contributed by atoms with Crippen molar-refractivity contribution >= 4 is 23.2 Å². The van der Waals surface area contributed by atoms with Crippen LogP contribution in [0.3, 0.4) is 0 Å². The van der Waals surface area contributed by atoms with Gasteiger partial charge in [0.2, 0.25) is 0 Å². The molecule has 9 nitrogen and oxygen atoms in total. The van der Waals surface area contributed by atoms with E-state index >= 15 is 0 Å². The fourth-order valence-corrected chi connectivity index (χ4v) is 4.84. The Kier molecular flexibility index (Phi) is 6.92. The van der Waals surface area contributed by atoms with Gasteiger partial charge in [0.15, 0.2) is 0 Å². The average Bonchev–Trinajstić information content (AvgIpc) is 2.07. The smallest absolute Gasteiger partial charge is 0.324 e. The molecule has 0 aliphatic carbocycles. The minimum absolute atomic E-state index is 0.264. The van der Waals surface area contributed by atoms with Crippen LogP contribution in [0.4, 0.5) is 0 Å². The standard InChI is InChI=1S/C6H17O9P3/c1-3-4-5-6(2)16(7,8)14-18(12,13)15-17(9,10)11/h6H,3-5H2,1-2H3,(H,7,8)(H,12,13)(H2,9,10,11). The van der Waals surface area contributed by atoms with E-state index in [-0.39, 0.29) is 6.42 Å². The van der Waals surface area contributed by atoms with Crippen LogP contribution >= 0.6 is 23.2 Å². The molecule has 3 atom stereocenters. The van der Waals surface area contributed by atoms with Crippen molar-refractivity contribution in [1.82, 2.24) is 0 Å². The van der Waals surface area contributed by atoms with Crippen molar-refractivity contribution in [2.75, 3.05) is 0 Å². The van der Waals surface area contributed by atoms with Gasteiger partial charge in [-0.25, -0.2) is 13.4 Å². The Hall–Kier alpha value is 0.450. The first-order valence-corrected chi connectivity index (χ1v) is 9.70. The maximum Gasteiger partial charge on any atom is 0.488 e. The topological polar surface area (TPSA) is 151 Å². The normalized spacial score (nSPS) is 21.0. The second-order valence-corrected chi connectivity index (χ2v) is 8.91. The predicted molar refractivity (Wildman–Crippen MR) is 62.9 cm³/mol. The molecule has 18 heavy (non-hydrogen) atoms. The van der Waals surface area contributed by atoms with E-state index in [9.17, 15) is 18.6 Å². The van der Waals surface area contributed by atoms with Gasteiger partial charge in [0.05, 0.1) is 5.66 Å². The Morgan fingerprint density at radius 3 is 1.94 bits per heavy atom. The van der Waals surface area contributed by atoms with Gasteiger partial charge in [0, 0.05) is 0 Å². The summed E-state index contributed by atoms with van der Waals surface area (Å²) in [6, 6.07) is 0. The molecule has 0 aromatic rings. The lowest BCUT2D eigenvalue weighted by molar-refractivity contribution is 0.221. The van der Waals surface area contributed by atoms with E-state index in [2.05, 4.69) is 8.62 Å². The lowest BCUT2D eigenvalue weighted by Gasteiger charge is -2.20. The fourth-order valence-electron chi connectivity index (χ4n) is 1.04. The summed E-state index contributed by atoms with van der Waals surface area (Å²) >= 11 is 0. The number of rotatable bonds is 8. The minimum atomic E-state index is -5.30. The van der Waals surface area contributed by atoms with Crippen LogP contribution in [-0.2, 0) is 22.3 Å². The quantitative estimate of drug-likeness (QED) is 0.491. The molecule has 4 N–H and O–H groups in total. The van der Waals surface area contributed by atoms with Gasteiger partial charge in [-0.1, -0.05) is 26.7 Å². The van der Waals surface area contributed by atoms with Gasteiger partial charge in [-0.05, 0) is 6.42 Å². The molecule has 110 valence electrons. The molecule has 0 saturated carbocycles. The van der Waals surface area contributed by atoms with Crippen molar-refractivity contribution in [3.8, 4) is 0 Å². The maximum absolute atomic E-state index is 11.6. The number of hydrogen-bond acceptors (Lipinski definition) is 5. The summed E-state index contributed by atoms with van der Waals surface area (Å²) in [6.45, 7) is 3.18. The fraction of sp³-hybridized carbons (Fsp3) is 1.00. The molecule has 0 bridgehead atoms. The SMILES string of the molecule is CCCCC(C)P(=O)(O)OP(=O)(O)OP(=O)(O)O. The van der Waals surface area contributed by atoms with Gasteiger partial charge >= 0.3 is 23.2 Å². The summed E-state index contributed by atoms with van der Waals surface area (Å²) in [5.41, 5.74) is -0.946. The zero-order chi connectivity index (χ0) is 14.6. The first-order valence-electron chi connectivity index (χ1n) is 5.03. The predicted octanol–water partition coefficient (Wildman–Crippen LogP) is 1.98. The van der Waals surface area contributed by atoms with E-state index in [0.29, 0.717) is 6.42 Å². The van der Waals surface area contributed by atoms with Crippen LogP contribution in [0.5, 0.6) is 0 Å². The highest BCUT2D eigenvalue weighted by molar-refractivity contribution is 7.68. The molecule has 0 spiro atoms. The molecule has 0 aliphatic rings. The van der Waals surface area contributed by atoms with Gasteiger partial charge < -0.3 is 19.6 Å². The van der Waals surface area contributed by atoms with Crippen LogP contribution in [-0.4, -0.2) is 25.2 Å². The Morgan fingerprint density at radius 2 is 1.56 bits per heavy atom. The summed E-state index contributed by atoms with van der Waals surface area (Å²) < 4.78 is 40.5. The first kappa shape index (κ1) is 18.4. The highest BCUT2D eigenvalue weighted by atomic mass is 31.3. The molecular weight excluding hydrogens is 309 g/mol. The van der Waals surface area contributed by atoms with Gasteiger partial charge in [0.1, 0.15) is 0 Å². The molecule has 0 aromatic heterocycles. The van der Waals surface area contributed by atoms with Crippen LogP contribution in [0.2, 0.25) is 0 Å². The Morgan fingerprint density at radius 1 is 1.06 bits per heavy atom. The number of phosphoric acid groups is 2. The average molecular weight is 326 g/mol. The van der Waals surface area contributed by atoms with Gasteiger partial charge in [-0.2, -0.15) is 4.31 Å². The molecular formula is C6H17O9P3. The number of hydrogen-bond donors (Lipinski definition) is 4. The lowest BCUT2D eigenvalue weighted by Crippen LogP contribution is -2.06. The Balaban J connectivity index is 4.70. The van der Waals surface area contributed by atoms with Crippen molar-refractivity contribution in [3.63, 3.8) is 0 Å². The van der Waals surface area contributed by atoms with Gasteiger partial charge in [0.25, 0.3) is 0 Å². The third-order valence-corrected chi connectivity index (χ3v) is 6.77. The number of unbranched alkanes of at least 4 members (excludes halogenated alkanes) is 1.